The van der Waals surface area contributed by atoms with E-state index in [1.54, 1.807) is 0 Å². The predicted octanol–water partition coefficient (Wildman–Crippen LogP) is 15.7. The van der Waals surface area contributed by atoms with Gasteiger partial charge in [-0.05, 0) is 92.9 Å². The van der Waals surface area contributed by atoms with Crippen LogP contribution in [0.25, 0.3) is 88.0 Å². The Kier molecular flexibility index (Phi) is 6.98. The summed E-state index contributed by atoms with van der Waals surface area (Å²) in [5.41, 5.74) is 16.6. The molecule has 2 heterocycles. The van der Waals surface area contributed by atoms with Crippen LogP contribution in [-0.2, 0) is 5.41 Å². The molecule has 0 bridgehead atoms. The van der Waals surface area contributed by atoms with E-state index in [4.69, 9.17) is 8.83 Å². The zero-order valence-corrected chi connectivity index (χ0v) is 32.2. The van der Waals surface area contributed by atoms with E-state index in [-0.39, 0.29) is 5.41 Å². The topological polar surface area (TPSA) is 29.5 Å². The number of nitrogens with zero attached hydrogens (tertiary/aromatic N) is 1. The van der Waals surface area contributed by atoms with Gasteiger partial charge in [-0.25, -0.2) is 0 Å². The average molecular weight is 744 g/mol. The third-order valence-corrected chi connectivity index (χ3v) is 12.5. The van der Waals surface area contributed by atoms with E-state index < -0.39 is 0 Å². The zero-order valence-electron chi connectivity index (χ0n) is 32.2. The molecular weight excluding hydrogens is 707 g/mol. The molecule has 3 heteroatoms. The van der Waals surface area contributed by atoms with E-state index in [2.05, 4.69) is 195 Å². The monoisotopic (exact) mass is 743 g/mol. The first-order chi connectivity index (χ1) is 28.5. The highest BCUT2D eigenvalue weighted by Crippen LogP contribution is 2.54. The maximum Gasteiger partial charge on any atom is 0.143 e. The van der Waals surface area contributed by atoms with Gasteiger partial charge in [0.15, 0.2) is 0 Å². The summed E-state index contributed by atoms with van der Waals surface area (Å²) in [6.07, 6.45) is 0. The lowest BCUT2D eigenvalue weighted by molar-refractivity contribution is 0.660. The molecule has 1 aliphatic rings. The van der Waals surface area contributed by atoms with Crippen LogP contribution in [0.3, 0.4) is 0 Å². The van der Waals surface area contributed by atoms with Crippen LogP contribution >= 0.6 is 0 Å². The van der Waals surface area contributed by atoms with Crippen molar-refractivity contribution in [1.29, 1.82) is 0 Å². The Morgan fingerprint density at radius 1 is 0.414 bits per heavy atom. The van der Waals surface area contributed by atoms with Gasteiger partial charge in [-0.3, -0.25) is 0 Å². The Balaban J connectivity index is 1.10. The third-order valence-electron chi connectivity index (χ3n) is 12.5. The minimum Gasteiger partial charge on any atom is -0.456 e. The molecule has 0 saturated heterocycles. The highest BCUT2D eigenvalue weighted by molar-refractivity contribution is 6.19. The summed E-state index contributed by atoms with van der Waals surface area (Å²) in [6, 6.07) is 67.7. The summed E-state index contributed by atoms with van der Waals surface area (Å²) < 4.78 is 13.1. The molecule has 0 N–H and O–H groups in total. The minimum atomic E-state index is -0.109. The lowest BCUT2D eigenvalue weighted by Gasteiger charge is -2.29. The van der Waals surface area contributed by atoms with Gasteiger partial charge in [0.05, 0.1) is 5.69 Å². The van der Waals surface area contributed by atoms with Crippen molar-refractivity contribution < 1.29 is 8.83 Å². The van der Waals surface area contributed by atoms with Crippen LogP contribution in [0.5, 0.6) is 0 Å². The van der Waals surface area contributed by atoms with E-state index in [1.807, 2.05) is 12.1 Å². The zero-order chi connectivity index (χ0) is 38.5. The van der Waals surface area contributed by atoms with Crippen molar-refractivity contribution >= 4 is 71.7 Å². The quantitative estimate of drug-likeness (QED) is 0.176. The summed E-state index contributed by atoms with van der Waals surface area (Å²) in [7, 11) is 0. The van der Waals surface area contributed by atoms with Crippen LogP contribution < -0.4 is 4.90 Å². The highest BCUT2D eigenvalue weighted by atomic mass is 16.3. The van der Waals surface area contributed by atoms with Crippen LogP contribution in [0, 0.1) is 0 Å². The molecular formula is C55H37NO2. The first kappa shape index (κ1) is 32.8. The normalized spacial score (nSPS) is 13.1. The first-order valence-electron chi connectivity index (χ1n) is 20.0. The molecule has 0 unspecified atom stereocenters. The van der Waals surface area contributed by atoms with Gasteiger partial charge >= 0.3 is 0 Å². The molecule has 0 atom stereocenters. The van der Waals surface area contributed by atoms with Gasteiger partial charge in [0, 0.05) is 55.4 Å². The van der Waals surface area contributed by atoms with E-state index in [9.17, 15) is 0 Å². The standard InChI is InChI=1S/C55H37NO2/c1-55(2)46-23-8-5-20-44(46)52-43(22-12-24-47(52)55)40-18-6-9-25-48(40)56(37-29-31-42-41-19-7-10-26-49(41)57-51(42)33-37)36-16-11-15-35(32-36)38-21-13-27-50-53(38)45-30-28-34-14-3-4-17-39(34)54(45)58-50/h3-33H,1-2H3. The van der Waals surface area contributed by atoms with Crippen molar-refractivity contribution in [3.05, 3.63) is 199 Å². The maximum absolute atomic E-state index is 6.63. The molecule has 0 fully saturated rings. The first-order valence-corrected chi connectivity index (χ1v) is 20.0. The van der Waals surface area contributed by atoms with Crippen molar-refractivity contribution in [3.8, 4) is 33.4 Å². The Hall–Kier alpha value is -7.36. The van der Waals surface area contributed by atoms with Crippen molar-refractivity contribution in [3.63, 3.8) is 0 Å². The number of benzene rings is 9. The molecule has 0 aliphatic heterocycles. The van der Waals surface area contributed by atoms with Gasteiger partial charge in [-0.2, -0.15) is 0 Å². The highest BCUT2D eigenvalue weighted by Gasteiger charge is 2.37. The molecule has 9 aromatic carbocycles. The Labute approximate surface area is 336 Å². The molecule has 3 nitrogen and oxygen atoms in total. The second kappa shape index (κ2) is 12.3. The van der Waals surface area contributed by atoms with Gasteiger partial charge in [0.2, 0.25) is 0 Å². The average Bonchev–Trinajstić information content (AvgIpc) is 3.92. The van der Waals surface area contributed by atoms with Gasteiger partial charge < -0.3 is 13.7 Å². The molecule has 0 radical (unpaired) electrons. The Bertz CT molecular complexity index is 3450. The molecule has 58 heavy (non-hydrogen) atoms. The maximum atomic E-state index is 6.63. The third kappa shape index (κ3) is 4.74. The van der Waals surface area contributed by atoms with Crippen LogP contribution in [0.15, 0.2) is 197 Å². The van der Waals surface area contributed by atoms with Crippen molar-refractivity contribution in [2.75, 3.05) is 4.90 Å². The van der Waals surface area contributed by atoms with Crippen molar-refractivity contribution in [2.24, 2.45) is 0 Å². The van der Waals surface area contributed by atoms with Gasteiger partial charge in [-0.1, -0.05) is 147 Å². The van der Waals surface area contributed by atoms with Crippen LogP contribution in [-0.4, -0.2) is 0 Å². The summed E-state index contributed by atoms with van der Waals surface area (Å²) in [4.78, 5) is 2.40. The van der Waals surface area contributed by atoms with Crippen LogP contribution in [0.1, 0.15) is 25.0 Å². The SMILES string of the molecule is CC1(C)c2ccccc2-c2c(-c3ccccc3N(c3cccc(-c4cccc5oc6c7ccccc7ccc6c45)c3)c3ccc4c(c3)oc3ccccc34)cccc21. The number of furan rings is 2. The summed E-state index contributed by atoms with van der Waals surface area (Å²) in [5.74, 6) is 0. The van der Waals surface area contributed by atoms with Gasteiger partial charge in [-0.15, -0.1) is 0 Å². The second-order valence-corrected chi connectivity index (χ2v) is 16.0. The molecule has 0 amide bonds. The lowest BCUT2D eigenvalue weighted by atomic mass is 9.82. The molecule has 11 aromatic rings. The second-order valence-electron chi connectivity index (χ2n) is 16.0. The number of hydrogen-bond donors (Lipinski definition) is 0. The number of para-hydroxylation sites is 2. The molecule has 2 aromatic heterocycles. The summed E-state index contributed by atoms with van der Waals surface area (Å²) in [5, 5.41) is 6.76. The number of fused-ring (bicyclic) bond motifs is 11. The predicted molar refractivity (Wildman–Crippen MR) is 242 cm³/mol. The molecule has 12 rings (SSSR count). The number of rotatable bonds is 5. The van der Waals surface area contributed by atoms with Crippen LogP contribution in [0.2, 0.25) is 0 Å². The Morgan fingerprint density at radius 2 is 1.07 bits per heavy atom. The van der Waals surface area contributed by atoms with Crippen molar-refractivity contribution in [2.45, 2.75) is 19.3 Å². The van der Waals surface area contributed by atoms with E-state index in [1.165, 1.54) is 33.2 Å². The molecule has 1 aliphatic carbocycles. The van der Waals surface area contributed by atoms with E-state index >= 15 is 0 Å². The lowest BCUT2D eigenvalue weighted by Crippen LogP contribution is -2.14. The minimum absolute atomic E-state index is 0.109. The fraction of sp³-hybridized carbons (Fsp3) is 0.0545. The summed E-state index contributed by atoms with van der Waals surface area (Å²) >= 11 is 0. The smallest absolute Gasteiger partial charge is 0.143 e. The fourth-order valence-electron chi connectivity index (χ4n) is 9.76. The van der Waals surface area contributed by atoms with Gasteiger partial charge in [0.25, 0.3) is 0 Å². The largest absolute Gasteiger partial charge is 0.456 e. The summed E-state index contributed by atoms with van der Waals surface area (Å²) in [6.45, 7) is 4.69. The number of hydrogen-bond acceptors (Lipinski definition) is 3. The Morgan fingerprint density at radius 3 is 2.00 bits per heavy atom. The molecule has 0 spiro atoms. The van der Waals surface area contributed by atoms with Crippen molar-refractivity contribution in [1.82, 2.24) is 0 Å². The number of anilines is 3. The van der Waals surface area contributed by atoms with Gasteiger partial charge in [0.1, 0.15) is 22.3 Å². The van der Waals surface area contributed by atoms with E-state index in [0.717, 1.165) is 83.0 Å². The molecule has 274 valence electrons. The molecule has 0 saturated carbocycles. The fourth-order valence-corrected chi connectivity index (χ4v) is 9.76. The van der Waals surface area contributed by atoms with Crippen LogP contribution in [0.4, 0.5) is 17.1 Å². The van der Waals surface area contributed by atoms with E-state index in [0.29, 0.717) is 0 Å².